The lowest BCUT2D eigenvalue weighted by atomic mass is 10.1. The maximum absolute atomic E-state index is 12.0. The molecular weight excluding hydrogens is 304 g/mol. The van der Waals surface area contributed by atoms with Gasteiger partial charge in [-0.25, -0.2) is 0 Å². The summed E-state index contributed by atoms with van der Waals surface area (Å²) in [6, 6.07) is 12.8. The molecule has 0 aliphatic heterocycles. The highest BCUT2D eigenvalue weighted by Crippen LogP contribution is 2.26. The summed E-state index contributed by atoms with van der Waals surface area (Å²) in [7, 11) is 1.57. The predicted octanol–water partition coefficient (Wildman–Crippen LogP) is 2.55. The van der Waals surface area contributed by atoms with Gasteiger partial charge >= 0.3 is 0 Å². The van der Waals surface area contributed by atoms with Gasteiger partial charge in [-0.3, -0.25) is 9.59 Å². The van der Waals surface area contributed by atoms with Gasteiger partial charge in [-0.05, 0) is 60.7 Å². The van der Waals surface area contributed by atoms with Gasteiger partial charge in [0.05, 0.1) is 0 Å². The van der Waals surface area contributed by atoms with Crippen LogP contribution in [-0.2, 0) is 17.6 Å². The topological polar surface area (TPSA) is 67.4 Å². The smallest absolute Gasteiger partial charge is 0.262 e. The molecule has 0 radical (unpaired) electrons. The standard InChI is InChI=1S/C19H20N2O3/c1-20-19(23)15-6-3-7-16(10-15)21-18(22)12-24-17-9-8-13-4-2-5-14(13)11-17/h3,6-11H,2,4-5,12H2,1H3,(H,20,23)(H,21,22). The van der Waals surface area contributed by atoms with E-state index in [1.54, 1.807) is 31.3 Å². The maximum Gasteiger partial charge on any atom is 0.262 e. The lowest BCUT2D eigenvalue weighted by molar-refractivity contribution is -0.118. The Labute approximate surface area is 141 Å². The summed E-state index contributed by atoms with van der Waals surface area (Å²) in [4.78, 5) is 23.6. The third-order valence-electron chi connectivity index (χ3n) is 4.08. The molecule has 5 heteroatoms. The van der Waals surface area contributed by atoms with E-state index in [1.165, 1.54) is 17.5 Å². The summed E-state index contributed by atoms with van der Waals surface area (Å²) in [6.07, 6.45) is 3.38. The van der Waals surface area contributed by atoms with Crippen LogP contribution in [0.4, 0.5) is 5.69 Å². The van der Waals surface area contributed by atoms with Crippen molar-refractivity contribution >= 4 is 17.5 Å². The van der Waals surface area contributed by atoms with Crippen LogP contribution in [0.15, 0.2) is 42.5 Å². The normalized spacial score (nSPS) is 12.4. The summed E-state index contributed by atoms with van der Waals surface area (Å²) >= 11 is 0. The molecule has 0 saturated heterocycles. The SMILES string of the molecule is CNC(=O)c1cccc(NC(=O)COc2ccc3c(c2)CCC3)c1. The molecule has 0 saturated carbocycles. The van der Waals surface area contributed by atoms with Crippen molar-refractivity contribution in [1.82, 2.24) is 5.32 Å². The summed E-state index contributed by atoms with van der Waals surface area (Å²) in [5.41, 5.74) is 3.75. The van der Waals surface area contributed by atoms with Crippen LogP contribution in [0.25, 0.3) is 0 Å². The fourth-order valence-corrected chi connectivity index (χ4v) is 2.87. The molecule has 0 atom stereocenters. The Bertz CT molecular complexity index is 771. The molecule has 0 spiro atoms. The van der Waals surface area contributed by atoms with E-state index in [0.717, 1.165) is 12.8 Å². The van der Waals surface area contributed by atoms with Crippen LogP contribution in [0, 0.1) is 0 Å². The van der Waals surface area contributed by atoms with E-state index >= 15 is 0 Å². The van der Waals surface area contributed by atoms with Crippen molar-refractivity contribution in [1.29, 1.82) is 0 Å². The molecular formula is C19H20N2O3. The maximum atomic E-state index is 12.0. The number of carbonyl (C=O) groups excluding carboxylic acids is 2. The first-order valence-corrected chi connectivity index (χ1v) is 8.02. The first-order valence-electron chi connectivity index (χ1n) is 8.02. The minimum atomic E-state index is -0.260. The van der Waals surface area contributed by atoms with Gasteiger partial charge in [-0.15, -0.1) is 0 Å². The zero-order valence-electron chi connectivity index (χ0n) is 13.6. The highest BCUT2D eigenvalue weighted by Gasteiger charge is 2.12. The number of fused-ring (bicyclic) bond motifs is 1. The average molecular weight is 324 g/mol. The zero-order valence-corrected chi connectivity index (χ0v) is 13.6. The van der Waals surface area contributed by atoms with E-state index in [4.69, 9.17) is 4.74 Å². The van der Waals surface area contributed by atoms with Gasteiger partial charge in [0.1, 0.15) is 5.75 Å². The molecule has 2 aromatic carbocycles. The molecule has 124 valence electrons. The van der Waals surface area contributed by atoms with E-state index in [0.29, 0.717) is 17.0 Å². The first-order chi connectivity index (χ1) is 11.7. The molecule has 5 nitrogen and oxygen atoms in total. The van der Waals surface area contributed by atoms with E-state index < -0.39 is 0 Å². The van der Waals surface area contributed by atoms with Gasteiger partial charge in [0.25, 0.3) is 11.8 Å². The molecule has 2 N–H and O–H groups in total. The number of hydrogen-bond acceptors (Lipinski definition) is 3. The largest absolute Gasteiger partial charge is 0.484 e. The molecule has 2 amide bonds. The summed E-state index contributed by atoms with van der Waals surface area (Å²) in [5.74, 6) is 0.259. The lowest BCUT2D eigenvalue weighted by Gasteiger charge is -2.09. The second kappa shape index (κ2) is 7.17. The Morgan fingerprint density at radius 3 is 2.75 bits per heavy atom. The Morgan fingerprint density at radius 1 is 1.08 bits per heavy atom. The van der Waals surface area contributed by atoms with Crippen molar-refractivity contribution in [3.63, 3.8) is 0 Å². The summed E-state index contributed by atoms with van der Waals surface area (Å²) in [5, 5.41) is 5.29. The number of carbonyl (C=O) groups is 2. The second-order valence-corrected chi connectivity index (χ2v) is 5.78. The molecule has 24 heavy (non-hydrogen) atoms. The van der Waals surface area contributed by atoms with Crippen LogP contribution in [0.1, 0.15) is 27.9 Å². The fraction of sp³-hybridized carbons (Fsp3) is 0.263. The molecule has 0 fully saturated rings. The van der Waals surface area contributed by atoms with Crippen molar-refractivity contribution in [2.75, 3.05) is 19.0 Å². The number of anilines is 1. The second-order valence-electron chi connectivity index (χ2n) is 5.78. The zero-order chi connectivity index (χ0) is 16.9. The number of nitrogens with one attached hydrogen (secondary N) is 2. The fourth-order valence-electron chi connectivity index (χ4n) is 2.87. The third-order valence-corrected chi connectivity index (χ3v) is 4.08. The van der Waals surface area contributed by atoms with E-state index in [2.05, 4.69) is 16.7 Å². The Balaban J connectivity index is 1.57. The van der Waals surface area contributed by atoms with Crippen molar-refractivity contribution in [3.05, 3.63) is 59.2 Å². The minimum absolute atomic E-state index is 0.0665. The third kappa shape index (κ3) is 3.74. The number of amides is 2. The molecule has 2 aromatic rings. The van der Waals surface area contributed by atoms with Gasteiger partial charge in [0.2, 0.25) is 0 Å². The number of benzene rings is 2. The number of rotatable bonds is 5. The van der Waals surface area contributed by atoms with Crippen LogP contribution in [0.2, 0.25) is 0 Å². The van der Waals surface area contributed by atoms with Gasteiger partial charge < -0.3 is 15.4 Å². The van der Waals surface area contributed by atoms with Gasteiger partial charge in [-0.2, -0.15) is 0 Å². The molecule has 1 aliphatic rings. The molecule has 0 heterocycles. The number of hydrogen-bond donors (Lipinski definition) is 2. The average Bonchev–Trinajstić information content (AvgIpc) is 3.07. The van der Waals surface area contributed by atoms with Crippen LogP contribution in [0.5, 0.6) is 5.75 Å². The summed E-state index contributed by atoms with van der Waals surface area (Å²) in [6.45, 7) is -0.0665. The van der Waals surface area contributed by atoms with Crippen LogP contribution >= 0.6 is 0 Å². The first kappa shape index (κ1) is 16.1. The van der Waals surface area contributed by atoms with E-state index in [-0.39, 0.29) is 18.4 Å². The van der Waals surface area contributed by atoms with Gasteiger partial charge in [0.15, 0.2) is 6.61 Å². The number of ether oxygens (including phenoxy) is 1. The highest BCUT2D eigenvalue weighted by molar-refractivity contribution is 5.97. The van der Waals surface area contributed by atoms with E-state index in [9.17, 15) is 9.59 Å². The van der Waals surface area contributed by atoms with E-state index in [1.807, 2.05) is 12.1 Å². The van der Waals surface area contributed by atoms with Crippen LogP contribution in [-0.4, -0.2) is 25.5 Å². The van der Waals surface area contributed by atoms with Crippen molar-refractivity contribution < 1.29 is 14.3 Å². The minimum Gasteiger partial charge on any atom is -0.484 e. The van der Waals surface area contributed by atoms with Gasteiger partial charge in [-0.1, -0.05) is 12.1 Å². The highest BCUT2D eigenvalue weighted by atomic mass is 16.5. The van der Waals surface area contributed by atoms with Crippen molar-refractivity contribution in [2.45, 2.75) is 19.3 Å². The molecule has 0 unspecified atom stereocenters. The Kier molecular flexibility index (Phi) is 4.79. The Hall–Kier alpha value is -2.82. The lowest BCUT2D eigenvalue weighted by Crippen LogP contribution is -2.21. The predicted molar refractivity (Wildman–Crippen MR) is 92.4 cm³/mol. The molecule has 0 aromatic heterocycles. The molecule has 1 aliphatic carbocycles. The van der Waals surface area contributed by atoms with Crippen LogP contribution in [0.3, 0.4) is 0 Å². The van der Waals surface area contributed by atoms with Crippen LogP contribution < -0.4 is 15.4 Å². The van der Waals surface area contributed by atoms with Crippen molar-refractivity contribution in [2.24, 2.45) is 0 Å². The monoisotopic (exact) mass is 324 g/mol. The summed E-state index contributed by atoms with van der Waals surface area (Å²) < 4.78 is 5.57. The Morgan fingerprint density at radius 2 is 1.92 bits per heavy atom. The molecule has 3 rings (SSSR count). The molecule has 0 bridgehead atoms. The van der Waals surface area contributed by atoms with Gasteiger partial charge in [0, 0.05) is 18.3 Å². The van der Waals surface area contributed by atoms with Crippen molar-refractivity contribution in [3.8, 4) is 5.75 Å². The quantitative estimate of drug-likeness (QED) is 0.888. The number of aryl methyl sites for hydroxylation is 2.